The van der Waals surface area contributed by atoms with E-state index in [1.54, 1.807) is 17.8 Å². The van der Waals surface area contributed by atoms with Gasteiger partial charge in [0.05, 0.1) is 12.6 Å². The summed E-state index contributed by atoms with van der Waals surface area (Å²) >= 11 is 1.53. The Morgan fingerprint density at radius 2 is 2.10 bits per heavy atom. The molecule has 0 bridgehead atoms. The molecule has 0 unspecified atom stereocenters. The monoisotopic (exact) mass is 432 g/mol. The van der Waals surface area contributed by atoms with Gasteiger partial charge in [-0.1, -0.05) is 11.3 Å². The summed E-state index contributed by atoms with van der Waals surface area (Å²) in [4.78, 5) is 5.16. The van der Waals surface area contributed by atoms with Gasteiger partial charge in [0.2, 0.25) is 4.96 Å². The molecule has 4 aromatic heterocycles. The molecule has 0 aliphatic heterocycles. The zero-order valence-electron chi connectivity index (χ0n) is 16.9. The van der Waals surface area contributed by atoms with Crippen LogP contribution >= 0.6 is 11.3 Å². The van der Waals surface area contributed by atoms with Crippen molar-refractivity contribution in [3.63, 3.8) is 0 Å². The van der Waals surface area contributed by atoms with Crippen molar-refractivity contribution < 1.29 is 9.47 Å². The second-order valence-electron chi connectivity index (χ2n) is 7.74. The van der Waals surface area contributed by atoms with Crippen LogP contribution in [0.4, 0.5) is 0 Å². The number of aromatic nitrogens is 6. The number of nitrogens with zero attached hydrogens (tertiary/aromatic N) is 6. The van der Waals surface area contributed by atoms with Gasteiger partial charge in [-0.25, -0.2) is 0 Å². The molecule has 0 amide bonds. The van der Waals surface area contributed by atoms with Crippen LogP contribution in [0, 0.1) is 5.92 Å². The molecule has 0 spiro atoms. The van der Waals surface area contributed by atoms with Crippen LogP contribution in [0.5, 0.6) is 11.5 Å². The van der Waals surface area contributed by atoms with Crippen LogP contribution in [-0.2, 0) is 13.2 Å². The number of rotatable bonds is 7. The van der Waals surface area contributed by atoms with Crippen molar-refractivity contribution in [1.82, 2.24) is 29.4 Å². The molecular formula is C22H20N6O2S. The van der Waals surface area contributed by atoms with Gasteiger partial charge in [0, 0.05) is 42.2 Å². The van der Waals surface area contributed by atoms with Gasteiger partial charge < -0.3 is 14.0 Å². The molecule has 1 saturated carbocycles. The van der Waals surface area contributed by atoms with Gasteiger partial charge in [-0.15, -0.1) is 10.2 Å². The lowest BCUT2D eigenvalue weighted by molar-refractivity contribution is 0.296. The predicted octanol–water partition coefficient (Wildman–Crippen LogP) is 4.20. The van der Waals surface area contributed by atoms with Gasteiger partial charge in [-0.05, 0) is 43.0 Å². The maximum Gasteiger partial charge on any atom is 0.235 e. The van der Waals surface area contributed by atoms with E-state index in [2.05, 4.69) is 38.2 Å². The fourth-order valence-corrected chi connectivity index (χ4v) is 4.49. The van der Waals surface area contributed by atoms with E-state index in [0.29, 0.717) is 5.82 Å². The number of hydrogen-bond donors (Lipinski definition) is 0. The van der Waals surface area contributed by atoms with E-state index in [-0.39, 0.29) is 6.61 Å². The Morgan fingerprint density at radius 1 is 1.16 bits per heavy atom. The van der Waals surface area contributed by atoms with Crippen LogP contribution in [0.1, 0.15) is 18.7 Å². The second-order valence-corrected chi connectivity index (χ2v) is 8.69. The molecule has 1 aromatic carbocycles. The number of fused-ring (bicyclic) bond motifs is 2. The summed E-state index contributed by atoms with van der Waals surface area (Å²) in [6, 6.07) is 9.70. The summed E-state index contributed by atoms with van der Waals surface area (Å²) in [7, 11) is 1.64. The molecule has 5 aromatic rings. The predicted molar refractivity (Wildman–Crippen MR) is 117 cm³/mol. The normalized spacial score (nSPS) is 13.8. The van der Waals surface area contributed by atoms with Crippen molar-refractivity contribution in [2.24, 2.45) is 5.92 Å². The SMILES string of the molecule is COc1ccc2c(OCc3nnc4sc(-c5ccn(CC6CC6)c5)nn34)ccnc2c1. The van der Waals surface area contributed by atoms with Crippen molar-refractivity contribution in [2.45, 2.75) is 26.0 Å². The van der Waals surface area contributed by atoms with Crippen LogP contribution in [0.15, 0.2) is 48.9 Å². The van der Waals surface area contributed by atoms with Crippen molar-refractivity contribution in [3.8, 4) is 22.1 Å². The first-order chi connectivity index (χ1) is 15.3. The van der Waals surface area contributed by atoms with Crippen molar-refractivity contribution >= 4 is 27.2 Å². The first kappa shape index (κ1) is 18.3. The number of ether oxygens (including phenoxy) is 2. The molecule has 1 aliphatic carbocycles. The third-order valence-corrected chi connectivity index (χ3v) is 6.43. The molecule has 31 heavy (non-hydrogen) atoms. The first-order valence-electron chi connectivity index (χ1n) is 10.2. The van der Waals surface area contributed by atoms with E-state index in [9.17, 15) is 0 Å². The van der Waals surface area contributed by atoms with Crippen molar-refractivity contribution in [2.75, 3.05) is 7.11 Å². The smallest absolute Gasteiger partial charge is 0.235 e. The van der Waals surface area contributed by atoms with E-state index in [1.165, 1.54) is 24.2 Å². The van der Waals surface area contributed by atoms with Gasteiger partial charge in [0.15, 0.2) is 5.82 Å². The molecule has 0 atom stereocenters. The zero-order valence-corrected chi connectivity index (χ0v) is 17.7. The van der Waals surface area contributed by atoms with E-state index in [4.69, 9.17) is 14.6 Å². The number of hydrogen-bond acceptors (Lipinski definition) is 7. The van der Waals surface area contributed by atoms with Gasteiger partial charge in [-0.2, -0.15) is 9.61 Å². The molecule has 1 aliphatic rings. The average Bonchev–Trinajstić information content (AvgIpc) is 3.16. The summed E-state index contributed by atoms with van der Waals surface area (Å²) in [6.45, 7) is 1.35. The summed E-state index contributed by atoms with van der Waals surface area (Å²) in [6.07, 6.45) is 8.70. The van der Waals surface area contributed by atoms with Crippen molar-refractivity contribution in [3.05, 3.63) is 54.7 Å². The fraction of sp³-hybridized carbons (Fsp3) is 0.273. The second kappa shape index (κ2) is 7.35. The maximum absolute atomic E-state index is 6.07. The lowest BCUT2D eigenvalue weighted by atomic mass is 10.2. The lowest BCUT2D eigenvalue weighted by Gasteiger charge is -2.08. The molecule has 4 heterocycles. The molecule has 8 nitrogen and oxygen atoms in total. The Balaban J connectivity index is 1.24. The minimum Gasteiger partial charge on any atom is -0.497 e. The van der Waals surface area contributed by atoms with Gasteiger partial charge in [0.1, 0.15) is 23.1 Å². The minimum absolute atomic E-state index is 0.262. The molecule has 0 radical (unpaired) electrons. The molecule has 0 saturated heterocycles. The third-order valence-electron chi connectivity index (χ3n) is 5.49. The van der Waals surface area contributed by atoms with E-state index in [0.717, 1.165) is 50.4 Å². The van der Waals surface area contributed by atoms with Crippen LogP contribution in [-0.4, -0.2) is 36.5 Å². The summed E-state index contributed by atoms with van der Waals surface area (Å²) in [5.74, 6) is 3.00. The first-order valence-corrected chi connectivity index (χ1v) is 11.0. The Labute approximate surface area is 182 Å². The van der Waals surface area contributed by atoms with Crippen LogP contribution < -0.4 is 9.47 Å². The van der Waals surface area contributed by atoms with Gasteiger partial charge in [-0.3, -0.25) is 4.98 Å². The molecule has 6 rings (SSSR count). The van der Waals surface area contributed by atoms with Gasteiger partial charge >= 0.3 is 0 Å². The highest BCUT2D eigenvalue weighted by Gasteiger charge is 2.22. The van der Waals surface area contributed by atoms with Crippen LogP contribution in [0.3, 0.4) is 0 Å². The Kier molecular flexibility index (Phi) is 4.34. The standard InChI is InChI=1S/C22H20N6O2S/c1-29-16-4-5-17-18(10-16)23-8-6-19(17)30-13-20-24-25-22-28(20)26-21(31-22)15-7-9-27(12-15)11-14-2-3-14/h4-10,12,14H,2-3,11,13H2,1H3. The van der Waals surface area contributed by atoms with E-state index >= 15 is 0 Å². The largest absolute Gasteiger partial charge is 0.497 e. The highest BCUT2D eigenvalue weighted by atomic mass is 32.1. The highest BCUT2D eigenvalue weighted by Crippen LogP contribution is 2.32. The Morgan fingerprint density at radius 3 is 2.97 bits per heavy atom. The van der Waals surface area contributed by atoms with Gasteiger partial charge in [0.25, 0.3) is 0 Å². The van der Waals surface area contributed by atoms with Crippen LogP contribution in [0.25, 0.3) is 26.4 Å². The van der Waals surface area contributed by atoms with Crippen LogP contribution in [0.2, 0.25) is 0 Å². The molecule has 9 heteroatoms. The fourth-order valence-electron chi connectivity index (χ4n) is 3.64. The van der Waals surface area contributed by atoms with E-state index in [1.807, 2.05) is 24.3 Å². The maximum atomic E-state index is 6.07. The molecule has 0 N–H and O–H groups in total. The number of methoxy groups -OCH3 is 1. The highest BCUT2D eigenvalue weighted by molar-refractivity contribution is 7.19. The summed E-state index contributed by atoms with van der Waals surface area (Å²) < 4.78 is 15.4. The summed E-state index contributed by atoms with van der Waals surface area (Å²) in [5, 5.41) is 15.1. The van der Waals surface area contributed by atoms with Crippen molar-refractivity contribution in [1.29, 1.82) is 0 Å². The summed E-state index contributed by atoms with van der Waals surface area (Å²) in [5.41, 5.74) is 1.92. The zero-order chi connectivity index (χ0) is 20.8. The quantitative estimate of drug-likeness (QED) is 0.384. The van der Waals surface area contributed by atoms with E-state index < -0.39 is 0 Å². The average molecular weight is 433 g/mol. The molecule has 156 valence electrons. The number of pyridine rings is 1. The number of benzene rings is 1. The third kappa shape index (κ3) is 3.50. The minimum atomic E-state index is 0.262. The molecular weight excluding hydrogens is 412 g/mol. The Bertz CT molecular complexity index is 1380. The lowest BCUT2D eigenvalue weighted by Crippen LogP contribution is -2.03. The topological polar surface area (TPSA) is 79.4 Å². The Hall–Kier alpha value is -3.46. The molecule has 1 fully saturated rings.